The normalized spacial score (nSPS) is 34.9. The molecule has 0 bridgehead atoms. The van der Waals surface area contributed by atoms with Crippen LogP contribution in [0.25, 0.3) is 0 Å². The number of likely N-dealkylation sites (tertiary alicyclic amines) is 1. The van der Waals surface area contributed by atoms with Gasteiger partial charge in [-0.3, -0.25) is 19.9 Å². The third kappa shape index (κ3) is 4.01. The molecule has 0 aromatic heterocycles. The van der Waals surface area contributed by atoms with Gasteiger partial charge in [-0.1, -0.05) is 6.92 Å². The van der Waals surface area contributed by atoms with Gasteiger partial charge in [-0.15, -0.1) is 11.8 Å². The van der Waals surface area contributed by atoms with Crippen LogP contribution in [0.2, 0.25) is 0 Å². The highest BCUT2D eigenvalue weighted by atomic mass is 32.2. The monoisotopic (exact) mass is 493 g/mol. The van der Waals surface area contributed by atoms with Crippen LogP contribution in [0.5, 0.6) is 0 Å². The number of aliphatic carboxylic acids is 1. The van der Waals surface area contributed by atoms with E-state index in [1.54, 1.807) is 13.8 Å². The van der Waals surface area contributed by atoms with Crippen LogP contribution in [-0.4, -0.2) is 116 Å². The summed E-state index contributed by atoms with van der Waals surface area (Å²) in [5, 5.41) is 27.8. The first-order valence-corrected chi connectivity index (χ1v) is 12.8. The van der Waals surface area contributed by atoms with E-state index in [0.717, 1.165) is 0 Å². The SMILES string of the molecule is CC(=N)N1CCN(C(=O)[C@@H]2C[C@H](SC3=C(C(=O)O)N4C(=O)[C@H](C(C)O)[C@H]4[C@H]3C)CN2C)C(C)C1. The van der Waals surface area contributed by atoms with Crippen molar-refractivity contribution in [1.82, 2.24) is 19.6 Å². The van der Waals surface area contributed by atoms with Gasteiger partial charge in [0.15, 0.2) is 0 Å². The van der Waals surface area contributed by atoms with Crippen molar-refractivity contribution in [2.24, 2.45) is 11.8 Å². The lowest BCUT2D eigenvalue weighted by atomic mass is 9.79. The van der Waals surface area contributed by atoms with Crippen LogP contribution >= 0.6 is 11.8 Å². The van der Waals surface area contributed by atoms with Crippen molar-refractivity contribution in [2.75, 3.05) is 33.2 Å². The number of hydrogen-bond donors (Lipinski definition) is 3. The summed E-state index contributed by atoms with van der Waals surface area (Å²) >= 11 is 1.47. The molecule has 0 radical (unpaired) electrons. The summed E-state index contributed by atoms with van der Waals surface area (Å²) in [6.07, 6.45) is -0.216. The number of carbonyl (C=O) groups is 3. The topological polar surface area (TPSA) is 128 Å². The van der Waals surface area contributed by atoms with Crippen molar-refractivity contribution in [3.8, 4) is 0 Å². The number of nitrogens with zero attached hydrogens (tertiary/aromatic N) is 4. The molecule has 0 aromatic carbocycles. The third-order valence-electron chi connectivity index (χ3n) is 7.78. The Bertz CT molecular complexity index is 939. The first-order chi connectivity index (χ1) is 15.9. The van der Waals surface area contributed by atoms with E-state index < -0.39 is 18.0 Å². The average Bonchev–Trinajstić information content (AvgIpc) is 3.23. The summed E-state index contributed by atoms with van der Waals surface area (Å²) in [5.41, 5.74) is 0.0357. The van der Waals surface area contributed by atoms with E-state index in [1.165, 1.54) is 16.7 Å². The van der Waals surface area contributed by atoms with E-state index >= 15 is 0 Å². The van der Waals surface area contributed by atoms with Crippen LogP contribution in [0.4, 0.5) is 0 Å². The zero-order valence-electron chi connectivity index (χ0n) is 20.4. The number of fused-ring (bicyclic) bond motifs is 1. The van der Waals surface area contributed by atoms with Gasteiger partial charge < -0.3 is 24.9 Å². The summed E-state index contributed by atoms with van der Waals surface area (Å²) < 4.78 is 0. The highest BCUT2D eigenvalue weighted by Gasteiger charge is 2.60. The molecule has 4 aliphatic rings. The van der Waals surface area contributed by atoms with Gasteiger partial charge in [0.25, 0.3) is 0 Å². The number of piperazine rings is 1. The van der Waals surface area contributed by atoms with Crippen LogP contribution in [0.15, 0.2) is 10.6 Å². The molecule has 3 N–H and O–H groups in total. The van der Waals surface area contributed by atoms with Crippen molar-refractivity contribution < 1.29 is 24.6 Å². The van der Waals surface area contributed by atoms with Gasteiger partial charge in [0.05, 0.1) is 29.9 Å². The van der Waals surface area contributed by atoms with Crippen molar-refractivity contribution in [3.05, 3.63) is 10.6 Å². The molecule has 2 unspecified atom stereocenters. The predicted octanol–water partition coefficient (Wildman–Crippen LogP) is 0.476. The van der Waals surface area contributed by atoms with Crippen molar-refractivity contribution >= 4 is 35.4 Å². The molecule has 10 nitrogen and oxygen atoms in total. The molecule has 4 heterocycles. The lowest BCUT2D eigenvalue weighted by Gasteiger charge is -2.46. The van der Waals surface area contributed by atoms with E-state index in [1.807, 2.05) is 35.6 Å². The summed E-state index contributed by atoms with van der Waals surface area (Å²) in [6, 6.07) is -0.584. The quantitative estimate of drug-likeness (QED) is 0.287. The molecule has 0 aromatic rings. The highest BCUT2D eigenvalue weighted by Crippen LogP contribution is 2.52. The molecule has 0 aliphatic carbocycles. The van der Waals surface area contributed by atoms with E-state index in [-0.39, 0.29) is 46.8 Å². The maximum atomic E-state index is 13.4. The lowest BCUT2D eigenvalue weighted by molar-refractivity contribution is -0.163. The molecule has 4 rings (SSSR count). The molecule has 4 aliphatic heterocycles. The molecule has 3 fully saturated rings. The predicted molar refractivity (Wildman–Crippen MR) is 128 cm³/mol. The molecule has 2 amide bonds. The number of carboxylic acids is 1. The zero-order valence-corrected chi connectivity index (χ0v) is 21.2. The molecule has 3 saturated heterocycles. The standard InChI is InChI=1S/C23H35N5O5S/c1-11-9-26(14(4)24)6-7-27(11)21(30)16-8-15(10-25(16)5)34-20-12(2)18-17(13(3)29)22(31)28(18)19(20)23(32)33/h11-13,15-18,24,29H,6-10H2,1-5H3,(H,32,33)/t11?,12-,13?,15+,16+,17-,18-/m1/s1. The average molecular weight is 494 g/mol. The van der Waals surface area contributed by atoms with E-state index in [0.29, 0.717) is 43.3 Å². The van der Waals surface area contributed by atoms with Crippen LogP contribution in [0.3, 0.4) is 0 Å². The summed E-state index contributed by atoms with van der Waals surface area (Å²) in [4.78, 5) is 46.0. The number of aliphatic hydroxyl groups is 1. The van der Waals surface area contributed by atoms with Gasteiger partial charge in [0.1, 0.15) is 5.70 Å². The maximum absolute atomic E-state index is 13.4. The Labute approximate surface area is 204 Å². The largest absolute Gasteiger partial charge is 0.477 e. The minimum Gasteiger partial charge on any atom is -0.477 e. The summed E-state index contributed by atoms with van der Waals surface area (Å²) in [6.45, 7) is 9.81. The Hall–Kier alpha value is -2.11. The molecule has 34 heavy (non-hydrogen) atoms. The molecule has 188 valence electrons. The van der Waals surface area contributed by atoms with Gasteiger partial charge in [-0.2, -0.15) is 0 Å². The van der Waals surface area contributed by atoms with Crippen LogP contribution in [-0.2, 0) is 14.4 Å². The third-order valence-corrected chi connectivity index (χ3v) is 9.28. The van der Waals surface area contributed by atoms with Crippen LogP contribution in [0.1, 0.15) is 34.1 Å². The fraction of sp³-hybridized carbons (Fsp3) is 0.739. The Morgan fingerprint density at radius 3 is 2.44 bits per heavy atom. The minimum atomic E-state index is -1.12. The van der Waals surface area contributed by atoms with Crippen LogP contribution < -0.4 is 0 Å². The number of amidine groups is 1. The van der Waals surface area contributed by atoms with E-state index in [2.05, 4.69) is 0 Å². The Morgan fingerprint density at radius 1 is 1.21 bits per heavy atom. The lowest BCUT2D eigenvalue weighted by Crippen LogP contribution is -2.63. The van der Waals surface area contributed by atoms with E-state index in [9.17, 15) is 24.6 Å². The number of thioether (sulfide) groups is 1. The number of nitrogens with one attached hydrogen (secondary N) is 1. The van der Waals surface area contributed by atoms with Gasteiger partial charge >= 0.3 is 5.97 Å². The van der Waals surface area contributed by atoms with Crippen molar-refractivity contribution in [3.63, 3.8) is 0 Å². The van der Waals surface area contributed by atoms with Gasteiger partial charge in [0.2, 0.25) is 11.8 Å². The maximum Gasteiger partial charge on any atom is 0.353 e. The van der Waals surface area contributed by atoms with Crippen molar-refractivity contribution in [1.29, 1.82) is 5.41 Å². The number of carboxylic acid groups (broad SMARTS) is 1. The van der Waals surface area contributed by atoms with Gasteiger partial charge in [0, 0.05) is 48.3 Å². The van der Waals surface area contributed by atoms with Crippen molar-refractivity contribution in [2.45, 2.75) is 63.6 Å². The summed E-state index contributed by atoms with van der Waals surface area (Å²) in [7, 11) is 1.93. The van der Waals surface area contributed by atoms with Crippen LogP contribution in [0, 0.1) is 17.2 Å². The fourth-order valence-electron chi connectivity index (χ4n) is 5.97. The molecule has 0 saturated carbocycles. The number of carbonyl (C=O) groups excluding carboxylic acids is 2. The number of hydrogen-bond acceptors (Lipinski definition) is 7. The first kappa shape index (κ1) is 25.0. The minimum absolute atomic E-state index is 0.0182. The number of amides is 2. The second-order valence-electron chi connectivity index (χ2n) is 10.1. The number of β-lactam (4-membered cyclic amide) rings is 1. The Balaban J connectivity index is 1.46. The molecule has 7 atom stereocenters. The van der Waals surface area contributed by atoms with Gasteiger partial charge in [-0.05, 0) is 34.2 Å². The molecular formula is C23H35N5O5S. The molecule has 0 spiro atoms. The second kappa shape index (κ2) is 9.16. The Morgan fingerprint density at radius 2 is 1.88 bits per heavy atom. The smallest absolute Gasteiger partial charge is 0.353 e. The second-order valence-corrected chi connectivity index (χ2v) is 11.5. The summed E-state index contributed by atoms with van der Waals surface area (Å²) in [5.74, 6) is -1.60. The first-order valence-electron chi connectivity index (χ1n) is 11.9. The number of rotatable bonds is 5. The highest BCUT2D eigenvalue weighted by molar-refractivity contribution is 8.03. The van der Waals surface area contributed by atoms with E-state index in [4.69, 9.17) is 5.41 Å². The number of likely N-dealkylation sites (N-methyl/N-ethyl adjacent to an activating group) is 1. The fourth-order valence-corrected chi connectivity index (χ4v) is 7.56. The Kier molecular flexibility index (Phi) is 6.73. The number of aliphatic hydroxyl groups excluding tert-OH is 1. The molecular weight excluding hydrogens is 458 g/mol. The zero-order chi connectivity index (χ0) is 25.1. The molecule has 11 heteroatoms. The van der Waals surface area contributed by atoms with Gasteiger partial charge in [-0.25, -0.2) is 4.79 Å².